The standard InChI is InChI=1S/C15H19BrN2O2/c1-19-9-10-20-8-7-17-11-12-4-5-14(16)13-3-2-6-18-15(12)13/h2-6,17H,7-11H2,1H3. The number of benzene rings is 1. The van der Waals surface area contributed by atoms with E-state index in [0.29, 0.717) is 19.8 Å². The molecule has 0 saturated heterocycles. The monoisotopic (exact) mass is 338 g/mol. The number of fused-ring (bicyclic) bond motifs is 1. The van der Waals surface area contributed by atoms with E-state index in [1.165, 1.54) is 5.56 Å². The second-order valence-corrected chi connectivity index (χ2v) is 5.24. The summed E-state index contributed by atoms with van der Waals surface area (Å²) in [5, 5.41) is 4.51. The van der Waals surface area contributed by atoms with Crippen molar-refractivity contribution < 1.29 is 9.47 Å². The second-order valence-electron chi connectivity index (χ2n) is 4.39. The van der Waals surface area contributed by atoms with Crippen molar-refractivity contribution in [2.45, 2.75) is 6.54 Å². The number of halogens is 1. The molecule has 0 amide bonds. The highest BCUT2D eigenvalue weighted by Crippen LogP contribution is 2.24. The maximum absolute atomic E-state index is 5.41. The van der Waals surface area contributed by atoms with Crippen molar-refractivity contribution in [2.75, 3.05) is 33.5 Å². The van der Waals surface area contributed by atoms with Crippen LogP contribution in [-0.2, 0) is 16.0 Å². The third-order valence-corrected chi connectivity index (χ3v) is 3.66. The first kappa shape index (κ1) is 15.4. The number of ether oxygens (including phenoxy) is 2. The van der Waals surface area contributed by atoms with Gasteiger partial charge in [-0.3, -0.25) is 4.98 Å². The Hall–Kier alpha value is -1.01. The van der Waals surface area contributed by atoms with E-state index in [2.05, 4.69) is 44.4 Å². The normalized spacial score (nSPS) is 11.1. The van der Waals surface area contributed by atoms with Gasteiger partial charge in [0, 0.05) is 36.3 Å². The Labute approximate surface area is 127 Å². The van der Waals surface area contributed by atoms with Crippen molar-refractivity contribution >= 4 is 26.8 Å². The van der Waals surface area contributed by atoms with Crippen LogP contribution in [0.4, 0.5) is 0 Å². The Kier molecular flexibility index (Phi) is 6.39. The first-order chi connectivity index (χ1) is 9.83. The van der Waals surface area contributed by atoms with Crippen molar-refractivity contribution in [1.82, 2.24) is 10.3 Å². The molecule has 0 saturated carbocycles. The average molecular weight is 339 g/mol. The number of rotatable bonds is 8. The molecule has 0 aliphatic rings. The Balaban J connectivity index is 1.86. The molecule has 0 fully saturated rings. The number of nitrogens with one attached hydrogen (secondary N) is 1. The van der Waals surface area contributed by atoms with Crippen LogP contribution in [0.15, 0.2) is 34.9 Å². The smallest absolute Gasteiger partial charge is 0.0758 e. The van der Waals surface area contributed by atoms with Crippen LogP contribution >= 0.6 is 15.9 Å². The molecule has 0 radical (unpaired) electrons. The summed E-state index contributed by atoms with van der Waals surface area (Å²) >= 11 is 3.56. The van der Waals surface area contributed by atoms with Gasteiger partial charge in [0.15, 0.2) is 0 Å². The minimum absolute atomic E-state index is 0.640. The van der Waals surface area contributed by atoms with Crippen molar-refractivity contribution in [1.29, 1.82) is 0 Å². The van der Waals surface area contributed by atoms with Crippen molar-refractivity contribution in [3.63, 3.8) is 0 Å². The lowest BCUT2D eigenvalue weighted by molar-refractivity contribution is 0.0719. The van der Waals surface area contributed by atoms with Crippen LogP contribution in [0.25, 0.3) is 10.9 Å². The van der Waals surface area contributed by atoms with E-state index in [1.54, 1.807) is 7.11 Å². The van der Waals surface area contributed by atoms with Crippen LogP contribution in [0, 0.1) is 0 Å². The van der Waals surface area contributed by atoms with Crippen LogP contribution in [0.1, 0.15) is 5.56 Å². The number of nitrogens with zero attached hydrogens (tertiary/aromatic N) is 1. The van der Waals surface area contributed by atoms with E-state index < -0.39 is 0 Å². The van der Waals surface area contributed by atoms with E-state index >= 15 is 0 Å². The fourth-order valence-electron chi connectivity index (χ4n) is 1.95. The lowest BCUT2D eigenvalue weighted by Gasteiger charge is -2.09. The molecule has 4 nitrogen and oxygen atoms in total. The third-order valence-electron chi connectivity index (χ3n) is 2.97. The molecule has 0 atom stereocenters. The molecule has 1 aromatic carbocycles. The Morgan fingerprint density at radius 3 is 2.95 bits per heavy atom. The van der Waals surface area contributed by atoms with Crippen LogP contribution < -0.4 is 5.32 Å². The quantitative estimate of drug-likeness (QED) is 0.751. The molecule has 0 spiro atoms. The van der Waals surface area contributed by atoms with Gasteiger partial charge in [0.05, 0.1) is 25.3 Å². The van der Waals surface area contributed by atoms with E-state index in [0.717, 1.165) is 28.5 Å². The van der Waals surface area contributed by atoms with E-state index in [9.17, 15) is 0 Å². The summed E-state index contributed by atoms with van der Waals surface area (Å²) in [5.41, 5.74) is 2.23. The fourth-order valence-corrected chi connectivity index (χ4v) is 2.40. The fraction of sp³-hybridized carbons (Fsp3) is 0.400. The molecule has 5 heteroatoms. The van der Waals surface area contributed by atoms with Gasteiger partial charge in [-0.15, -0.1) is 0 Å². The predicted molar refractivity (Wildman–Crippen MR) is 83.8 cm³/mol. The molecule has 0 unspecified atom stereocenters. The van der Waals surface area contributed by atoms with E-state index in [1.807, 2.05) is 12.3 Å². The maximum Gasteiger partial charge on any atom is 0.0758 e. The van der Waals surface area contributed by atoms with Gasteiger partial charge in [0.1, 0.15) is 0 Å². The first-order valence-electron chi connectivity index (χ1n) is 6.62. The van der Waals surface area contributed by atoms with Gasteiger partial charge in [0.2, 0.25) is 0 Å². The molecule has 2 rings (SSSR count). The van der Waals surface area contributed by atoms with Gasteiger partial charge in [-0.1, -0.05) is 28.1 Å². The zero-order chi connectivity index (χ0) is 14.2. The highest BCUT2D eigenvalue weighted by Gasteiger charge is 2.04. The van der Waals surface area contributed by atoms with Crippen LogP contribution in [0.5, 0.6) is 0 Å². The van der Waals surface area contributed by atoms with E-state index in [4.69, 9.17) is 9.47 Å². The summed E-state index contributed by atoms with van der Waals surface area (Å²) in [6.45, 7) is 3.57. The van der Waals surface area contributed by atoms with Gasteiger partial charge in [-0.25, -0.2) is 0 Å². The van der Waals surface area contributed by atoms with Crippen LogP contribution in [0.3, 0.4) is 0 Å². The van der Waals surface area contributed by atoms with Gasteiger partial charge in [-0.05, 0) is 17.7 Å². The third kappa shape index (κ3) is 4.24. The summed E-state index contributed by atoms with van der Waals surface area (Å²) in [4.78, 5) is 4.46. The molecular formula is C15H19BrN2O2. The SMILES string of the molecule is COCCOCCNCc1ccc(Br)c2cccnc12. The Morgan fingerprint density at radius 2 is 2.10 bits per heavy atom. The predicted octanol–water partition coefficient (Wildman–Crippen LogP) is 2.75. The molecular weight excluding hydrogens is 320 g/mol. The summed E-state index contributed by atoms with van der Waals surface area (Å²) in [6, 6.07) is 8.19. The van der Waals surface area contributed by atoms with Gasteiger partial charge in [0.25, 0.3) is 0 Å². The number of hydrogen-bond acceptors (Lipinski definition) is 4. The highest BCUT2D eigenvalue weighted by atomic mass is 79.9. The Morgan fingerprint density at radius 1 is 1.20 bits per heavy atom. The number of aromatic nitrogens is 1. The average Bonchev–Trinajstić information content (AvgIpc) is 2.49. The zero-order valence-corrected chi connectivity index (χ0v) is 13.1. The molecule has 1 heterocycles. The summed E-state index contributed by atoms with van der Waals surface area (Å²) in [6.07, 6.45) is 1.83. The number of hydrogen-bond donors (Lipinski definition) is 1. The summed E-state index contributed by atoms with van der Waals surface area (Å²) in [5.74, 6) is 0. The van der Waals surface area contributed by atoms with E-state index in [-0.39, 0.29) is 0 Å². The molecule has 20 heavy (non-hydrogen) atoms. The molecule has 1 N–H and O–H groups in total. The van der Waals surface area contributed by atoms with Gasteiger partial charge >= 0.3 is 0 Å². The highest BCUT2D eigenvalue weighted by molar-refractivity contribution is 9.10. The minimum atomic E-state index is 0.640. The second kappa shape index (κ2) is 8.32. The van der Waals surface area contributed by atoms with Crippen molar-refractivity contribution in [3.8, 4) is 0 Å². The summed E-state index contributed by atoms with van der Waals surface area (Å²) < 4.78 is 11.4. The summed E-state index contributed by atoms with van der Waals surface area (Å²) in [7, 11) is 1.67. The Bertz CT molecular complexity index is 548. The lowest BCUT2D eigenvalue weighted by Crippen LogP contribution is -2.20. The minimum Gasteiger partial charge on any atom is -0.382 e. The van der Waals surface area contributed by atoms with Crippen molar-refractivity contribution in [2.24, 2.45) is 0 Å². The molecule has 0 bridgehead atoms. The lowest BCUT2D eigenvalue weighted by atomic mass is 10.1. The number of pyridine rings is 1. The molecule has 0 aliphatic heterocycles. The van der Waals surface area contributed by atoms with Gasteiger partial charge < -0.3 is 14.8 Å². The molecule has 108 valence electrons. The number of methoxy groups -OCH3 is 1. The maximum atomic E-state index is 5.41. The first-order valence-corrected chi connectivity index (χ1v) is 7.41. The molecule has 2 aromatic rings. The molecule has 0 aliphatic carbocycles. The largest absolute Gasteiger partial charge is 0.382 e. The van der Waals surface area contributed by atoms with Crippen LogP contribution in [-0.4, -0.2) is 38.5 Å². The van der Waals surface area contributed by atoms with Crippen LogP contribution in [0.2, 0.25) is 0 Å². The molecule has 1 aromatic heterocycles. The zero-order valence-electron chi connectivity index (χ0n) is 11.6. The topological polar surface area (TPSA) is 43.4 Å². The van der Waals surface area contributed by atoms with Gasteiger partial charge in [-0.2, -0.15) is 0 Å². The van der Waals surface area contributed by atoms with Crippen molar-refractivity contribution in [3.05, 3.63) is 40.5 Å².